The minimum Gasteiger partial charge on any atom is -0.525 e. The van der Waals surface area contributed by atoms with Crippen molar-refractivity contribution < 1.29 is 23.4 Å². The normalized spacial score (nSPS) is 11.4. The molecule has 0 saturated heterocycles. The minimum atomic E-state index is -1.46. The van der Waals surface area contributed by atoms with E-state index < -0.39 is 11.8 Å². The van der Waals surface area contributed by atoms with Gasteiger partial charge in [-0.3, -0.25) is 0 Å². The van der Waals surface area contributed by atoms with E-state index in [0.717, 1.165) is 5.57 Å². The summed E-state index contributed by atoms with van der Waals surface area (Å²) in [5.41, 5.74) is 0.857. The molecule has 15 heavy (non-hydrogen) atoms. The zero-order valence-corrected chi connectivity index (χ0v) is 11.7. The van der Waals surface area contributed by atoms with Gasteiger partial charge in [0.25, 0.3) is 5.79 Å². The maximum absolute atomic E-state index is 11.4. The lowest BCUT2D eigenvalue weighted by Gasteiger charge is -2.27. The number of carbonyl (C=O) groups is 1. The zero-order chi connectivity index (χ0) is 11.9. The first-order valence-electron chi connectivity index (χ1n) is 4.43. The average Bonchev–Trinajstić information content (AvgIpc) is 2.23. The van der Waals surface area contributed by atoms with E-state index in [4.69, 9.17) is 18.6 Å². The molecule has 0 amide bonds. The Morgan fingerprint density at radius 1 is 1.40 bits per heavy atom. The molecular weight excluding hydrogens is 216 g/mol. The largest absolute Gasteiger partial charge is 0.525 e. The number of ether oxygens (including phenoxy) is 3. The molecule has 0 N–H and O–H groups in total. The van der Waals surface area contributed by atoms with Crippen LogP contribution in [0, 0.1) is 0 Å². The molecule has 0 atom stereocenters. The van der Waals surface area contributed by atoms with Gasteiger partial charge in [0.2, 0.25) is 10.5 Å². The predicted octanol–water partition coefficient (Wildman–Crippen LogP) is -0.608. The van der Waals surface area contributed by atoms with Gasteiger partial charge in [-0.1, -0.05) is 12.2 Å². The minimum absolute atomic E-state index is 0.0199. The van der Waals surface area contributed by atoms with Gasteiger partial charge >= 0.3 is 5.97 Å². The van der Waals surface area contributed by atoms with Crippen LogP contribution in [-0.2, 0) is 23.4 Å². The molecule has 6 heteroatoms. The van der Waals surface area contributed by atoms with Gasteiger partial charge < -0.3 is 18.6 Å². The Morgan fingerprint density at radius 2 is 1.93 bits per heavy atom. The fourth-order valence-electron chi connectivity index (χ4n) is 0.942. The molecule has 0 radical (unpaired) electrons. The van der Waals surface area contributed by atoms with E-state index in [0.29, 0.717) is 6.61 Å². The lowest BCUT2D eigenvalue weighted by molar-refractivity contribution is -0.239. The van der Waals surface area contributed by atoms with Gasteiger partial charge in [0.1, 0.15) is 6.61 Å². The Bertz CT molecular complexity index is 225. The van der Waals surface area contributed by atoms with Crippen molar-refractivity contribution in [1.29, 1.82) is 0 Å². The van der Waals surface area contributed by atoms with E-state index in [2.05, 4.69) is 6.58 Å². The molecule has 0 aromatic heterocycles. The number of methoxy groups -OCH3 is 2. The monoisotopic (exact) mass is 234 g/mol. The molecule has 0 unspecified atom stereocenters. The first kappa shape index (κ1) is 14.3. The summed E-state index contributed by atoms with van der Waals surface area (Å²) in [6, 6.07) is 0. The van der Waals surface area contributed by atoms with Crippen LogP contribution in [0.25, 0.3) is 0 Å². The number of carbonyl (C=O) groups excluding carboxylic acids is 1. The molecule has 0 saturated carbocycles. The fourth-order valence-corrected chi connectivity index (χ4v) is 1.25. The van der Waals surface area contributed by atoms with Gasteiger partial charge in [-0.2, -0.15) is 0 Å². The molecule has 88 valence electrons. The van der Waals surface area contributed by atoms with Crippen LogP contribution in [0.3, 0.4) is 0 Å². The fraction of sp³-hybridized carbons (Fsp3) is 0.667. The Balaban J connectivity index is 4.37. The third kappa shape index (κ3) is 4.13. The maximum atomic E-state index is 11.4. The summed E-state index contributed by atoms with van der Waals surface area (Å²) in [6.07, 6.45) is 0. The Morgan fingerprint density at radius 3 is 2.27 bits per heavy atom. The van der Waals surface area contributed by atoms with Crippen molar-refractivity contribution in [1.82, 2.24) is 0 Å². The van der Waals surface area contributed by atoms with Crippen molar-refractivity contribution in [2.24, 2.45) is 0 Å². The standard InChI is InChI=1S/C9H18O5Si/c1-7(2)5-13-6-9(11-3,12-4)8(10)14-15/h1,5-6H2,2-4,15H3. The molecule has 0 aliphatic rings. The summed E-state index contributed by atoms with van der Waals surface area (Å²) < 4.78 is 19.9. The number of hydrogen-bond acceptors (Lipinski definition) is 5. The van der Waals surface area contributed by atoms with Crippen LogP contribution in [0.1, 0.15) is 6.92 Å². The highest BCUT2D eigenvalue weighted by Gasteiger charge is 2.40. The smallest absolute Gasteiger partial charge is 0.355 e. The third-order valence-corrected chi connectivity index (χ3v) is 2.17. The summed E-state index contributed by atoms with van der Waals surface area (Å²) in [6.45, 7) is 5.83. The summed E-state index contributed by atoms with van der Waals surface area (Å²) in [4.78, 5) is 11.4. The van der Waals surface area contributed by atoms with Crippen LogP contribution in [-0.4, -0.2) is 49.7 Å². The van der Waals surface area contributed by atoms with Crippen molar-refractivity contribution in [2.75, 3.05) is 27.4 Å². The van der Waals surface area contributed by atoms with Gasteiger partial charge in [-0.05, 0) is 6.92 Å². The molecule has 0 spiro atoms. The van der Waals surface area contributed by atoms with Crippen LogP contribution in [0.2, 0.25) is 0 Å². The third-order valence-electron chi connectivity index (χ3n) is 1.80. The molecule has 0 rings (SSSR count). The summed E-state index contributed by atoms with van der Waals surface area (Å²) in [7, 11) is 3.02. The van der Waals surface area contributed by atoms with Crippen molar-refractivity contribution in [3.63, 3.8) is 0 Å². The maximum Gasteiger partial charge on any atom is 0.355 e. The van der Waals surface area contributed by atoms with Crippen molar-refractivity contribution in [3.05, 3.63) is 12.2 Å². The predicted molar refractivity (Wildman–Crippen MR) is 58.4 cm³/mol. The van der Waals surface area contributed by atoms with Crippen LogP contribution < -0.4 is 0 Å². The molecule has 0 bridgehead atoms. The van der Waals surface area contributed by atoms with E-state index in [1.807, 2.05) is 6.92 Å². The number of rotatable bonds is 7. The molecule has 0 aromatic rings. The second kappa shape index (κ2) is 6.73. The molecule has 0 aliphatic carbocycles. The van der Waals surface area contributed by atoms with Crippen LogP contribution in [0.4, 0.5) is 0 Å². The molecule has 0 aliphatic heterocycles. The van der Waals surface area contributed by atoms with Crippen LogP contribution in [0.15, 0.2) is 12.2 Å². The quantitative estimate of drug-likeness (QED) is 0.334. The van der Waals surface area contributed by atoms with Crippen molar-refractivity contribution in [2.45, 2.75) is 12.7 Å². The van der Waals surface area contributed by atoms with Crippen molar-refractivity contribution >= 4 is 16.5 Å². The molecular formula is C9H18O5Si. The van der Waals surface area contributed by atoms with Crippen LogP contribution in [0.5, 0.6) is 0 Å². The van der Waals surface area contributed by atoms with Crippen molar-refractivity contribution in [3.8, 4) is 0 Å². The molecule has 0 fully saturated rings. The Kier molecular flexibility index (Phi) is 6.42. The molecule has 0 aromatic carbocycles. The van der Waals surface area contributed by atoms with Gasteiger partial charge in [0.15, 0.2) is 0 Å². The summed E-state index contributed by atoms with van der Waals surface area (Å²) >= 11 is 0. The molecule has 5 nitrogen and oxygen atoms in total. The summed E-state index contributed by atoms with van der Waals surface area (Å²) in [5.74, 6) is -2.03. The van der Waals surface area contributed by atoms with E-state index >= 15 is 0 Å². The Hall–Kier alpha value is -0.693. The topological polar surface area (TPSA) is 54.0 Å². The highest BCUT2D eigenvalue weighted by atomic mass is 28.2. The van der Waals surface area contributed by atoms with Crippen LogP contribution >= 0.6 is 0 Å². The van der Waals surface area contributed by atoms with Gasteiger partial charge in [0, 0.05) is 14.2 Å². The van der Waals surface area contributed by atoms with E-state index in [9.17, 15) is 4.79 Å². The highest BCUT2D eigenvalue weighted by molar-refractivity contribution is 6.06. The van der Waals surface area contributed by atoms with Gasteiger partial charge in [-0.15, -0.1) is 0 Å². The second-order valence-corrected chi connectivity index (χ2v) is 3.51. The van der Waals surface area contributed by atoms with E-state index in [-0.39, 0.29) is 17.1 Å². The summed E-state index contributed by atoms with van der Waals surface area (Å²) in [5, 5.41) is 0. The van der Waals surface area contributed by atoms with Gasteiger partial charge in [0.05, 0.1) is 6.61 Å². The Labute approximate surface area is 92.9 Å². The highest BCUT2D eigenvalue weighted by Crippen LogP contribution is 2.14. The van der Waals surface area contributed by atoms with E-state index in [1.54, 1.807) is 0 Å². The zero-order valence-electron chi connectivity index (χ0n) is 9.66. The van der Waals surface area contributed by atoms with E-state index in [1.165, 1.54) is 14.2 Å². The lowest BCUT2D eigenvalue weighted by atomic mass is 10.3. The van der Waals surface area contributed by atoms with Gasteiger partial charge in [-0.25, -0.2) is 4.79 Å². The lowest BCUT2D eigenvalue weighted by Crippen LogP contribution is -2.48. The first-order chi connectivity index (χ1) is 7.02. The second-order valence-electron chi connectivity index (χ2n) is 3.10. The molecule has 0 heterocycles. The SMILES string of the molecule is C=C(C)COCC(OC)(OC)C(=O)O[SiH3]. The first-order valence-corrected chi connectivity index (χ1v) is 5.25. The average molecular weight is 234 g/mol. The number of hydrogen-bond donors (Lipinski definition) is 0.